The number of aromatic hydroxyl groups is 1. The van der Waals surface area contributed by atoms with Crippen molar-refractivity contribution in [3.63, 3.8) is 0 Å². The topological polar surface area (TPSA) is 110 Å². The van der Waals surface area contributed by atoms with Crippen LogP contribution in [0.4, 0.5) is 4.39 Å². The Balaban J connectivity index is 1.93. The molecule has 4 heterocycles. The number of phenolic OH excluding ortho intramolecular Hbond substituents is 1. The van der Waals surface area contributed by atoms with Crippen LogP contribution in [0.5, 0.6) is 5.75 Å². The van der Waals surface area contributed by atoms with Gasteiger partial charge in [0, 0.05) is 11.5 Å². The summed E-state index contributed by atoms with van der Waals surface area (Å²) in [5, 5.41) is 9.22. The smallest absolute Gasteiger partial charge is 0.322 e. The van der Waals surface area contributed by atoms with Crippen molar-refractivity contribution in [3.05, 3.63) is 91.2 Å². The molecule has 1 N–H and O–H groups in total. The molecule has 9 nitrogen and oxygen atoms in total. The average molecular weight is 622 g/mol. The summed E-state index contributed by atoms with van der Waals surface area (Å²) in [5.74, 6) is -0.792. The standard InChI is InChI=1S/C29H28B2Cl2FN5O4/c1-5-20(41)37-12-28(34,13-37)29(30,31)39-18-11-17(33)23(21-16(32)7-6-8-19(21)40)36-25(18)38(26(42)27(39)43)24-15(4)9-10-35-22(24)14(2)3/h5-11,14,40H,1,12-13,30-31H2,2-4H3. The van der Waals surface area contributed by atoms with Crippen LogP contribution in [0, 0.1) is 6.92 Å². The van der Waals surface area contributed by atoms with Crippen LogP contribution in [-0.2, 0) is 10.1 Å². The molecule has 14 heteroatoms. The fraction of sp³-hybridized carbons (Fsp3) is 0.276. The lowest BCUT2D eigenvalue weighted by molar-refractivity contribution is -0.143. The summed E-state index contributed by atoms with van der Waals surface area (Å²) >= 11 is 13.2. The second kappa shape index (κ2) is 10.7. The minimum Gasteiger partial charge on any atom is -0.507 e. The molecule has 1 saturated heterocycles. The zero-order chi connectivity index (χ0) is 31.6. The fourth-order valence-electron chi connectivity index (χ4n) is 5.60. The third-order valence-electron chi connectivity index (χ3n) is 8.16. The highest BCUT2D eigenvalue weighted by atomic mass is 35.5. The van der Waals surface area contributed by atoms with Gasteiger partial charge < -0.3 is 14.6 Å². The first-order valence-electron chi connectivity index (χ1n) is 13.6. The Morgan fingerprint density at radius 1 is 1.19 bits per heavy atom. The second-order valence-electron chi connectivity index (χ2n) is 11.5. The second-order valence-corrected chi connectivity index (χ2v) is 12.3. The molecular weight excluding hydrogens is 594 g/mol. The predicted molar refractivity (Wildman–Crippen MR) is 171 cm³/mol. The van der Waals surface area contributed by atoms with Crippen LogP contribution in [0.15, 0.2) is 58.8 Å². The minimum absolute atomic E-state index is 0.00187. The maximum Gasteiger partial charge on any atom is 0.322 e. The number of pyridine rings is 2. The summed E-state index contributed by atoms with van der Waals surface area (Å²) in [7, 11) is 2.98. The van der Waals surface area contributed by atoms with Gasteiger partial charge in [0.05, 0.1) is 51.3 Å². The Morgan fingerprint density at radius 3 is 2.47 bits per heavy atom. The van der Waals surface area contributed by atoms with Crippen LogP contribution in [0.3, 0.4) is 0 Å². The van der Waals surface area contributed by atoms with E-state index in [0.717, 1.165) is 10.6 Å². The number of hydrogen-bond donors (Lipinski definition) is 1. The summed E-state index contributed by atoms with van der Waals surface area (Å²) in [6.45, 7) is 8.41. The lowest BCUT2D eigenvalue weighted by Crippen LogP contribution is -2.74. The number of alkyl halides is 1. The zero-order valence-corrected chi connectivity index (χ0v) is 25.8. The van der Waals surface area contributed by atoms with Crippen molar-refractivity contribution in [1.82, 2.24) is 24.0 Å². The first kappa shape index (κ1) is 30.6. The van der Waals surface area contributed by atoms with E-state index >= 15 is 4.39 Å². The number of amides is 1. The Morgan fingerprint density at radius 2 is 1.86 bits per heavy atom. The lowest BCUT2D eigenvalue weighted by atomic mass is 9.51. The number of hydrogen-bond acceptors (Lipinski definition) is 6. The van der Waals surface area contributed by atoms with E-state index < -0.39 is 28.0 Å². The molecule has 0 aliphatic carbocycles. The van der Waals surface area contributed by atoms with Gasteiger partial charge in [-0.3, -0.25) is 23.9 Å². The highest BCUT2D eigenvalue weighted by Crippen LogP contribution is 2.42. The largest absolute Gasteiger partial charge is 0.507 e. The van der Waals surface area contributed by atoms with Gasteiger partial charge in [-0.25, -0.2) is 9.37 Å². The van der Waals surface area contributed by atoms with Crippen molar-refractivity contribution < 1.29 is 14.3 Å². The van der Waals surface area contributed by atoms with Crippen LogP contribution in [0.1, 0.15) is 31.0 Å². The van der Waals surface area contributed by atoms with Crippen molar-refractivity contribution in [2.24, 2.45) is 0 Å². The van der Waals surface area contributed by atoms with E-state index in [0.29, 0.717) is 16.9 Å². The average Bonchev–Trinajstić information content (AvgIpc) is 2.92. The number of aromatic nitrogens is 4. The highest BCUT2D eigenvalue weighted by molar-refractivity contribution is 6.39. The number of carbonyl (C=O) groups is 1. The van der Waals surface area contributed by atoms with E-state index in [1.54, 1.807) is 31.3 Å². The van der Waals surface area contributed by atoms with E-state index in [4.69, 9.17) is 28.2 Å². The molecule has 4 aromatic rings. The molecule has 1 aliphatic heterocycles. The predicted octanol–water partition coefficient (Wildman–Crippen LogP) is 2.67. The van der Waals surface area contributed by atoms with Crippen molar-refractivity contribution >= 4 is 56.0 Å². The number of benzene rings is 1. The lowest BCUT2D eigenvalue weighted by Gasteiger charge is -2.53. The molecule has 0 bridgehead atoms. The molecule has 3 aromatic heterocycles. The van der Waals surface area contributed by atoms with Crippen molar-refractivity contribution in [1.29, 1.82) is 0 Å². The van der Waals surface area contributed by atoms with Crippen LogP contribution < -0.4 is 11.1 Å². The molecule has 1 amide bonds. The zero-order valence-electron chi connectivity index (χ0n) is 24.3. The van der Waals surface area contributed by atoms with Crippen molar-refractivity contribution in [2.75, 3.05) is 13.1 Å². The molecule has 0 unspecified atom stereocenters. The molecule has 0 radical (unpaired) electrons. The molecule has 1 fully saturated rings. The van der Waals surface area contributed by atoms with Gasteiger partial charge >= 0.3 is 11.1 Å². The van der Waals surface area contributed by atoms with Crippen LogP contribution in [0.25, 0.3) is 28.1 Å². The van der Waals surface area contributed by atoms with Crippen molar-refractivity contribution in [2.45, 2.75) is 37.7 Å². The summed E-state index contributed by atoms with van der Waals surface area (Å²) in [4.78, 5) is 50.8. The Hall–Kier alpha value is -3.89. The molecule has 1 aliphatic rings. The van der Waals surface area contributed by atoms with Gasteiger partial charge in [-0.05, 0) is 48.7 Å². The molecule has 0 saturated carbocycles. The van der Waals surface area contributed by atoms with Gasteiger partial charge in [0.25, 0.3) is 0 Å². The van der Waals surface area contributed by atoms with E-state index in [1.807, 2.05) is 13.8 Å². The Labute approximate surface area is 258 Å². The number of phenols is 1. The maximum atomic E-state index is 16.6. The molecule has 220 valence electrons. The first-order valence-corrected chi connectivity index (χ1v) is 14.3. The van der Waals surface area contributed by atoms with Gasteiger partial charge in [-0.15, -0.1) is 0 Å². The Kier molecular flexibility index (Phi) is 7.59. The monoisotopic (exact) mass is 621 g/mol. The van der Waals surface area contributed by atoms with Gasteiger partial charge in [-0.2, -0.15) is 0 Å². The number of nitrogens with zero attached hydrogens (tertiary/aromatic N) is 5. The summed E-state index contributed by atoms with van der Waals surface area (Å²) < 4.78 is 18.8. The molecule has 0 spiro atoms. The molecule has 5 rings (SSSR count). The molecular formula is C29H28B2Cl2FN5O4. The summed E-state index contributed by atoms with van der Waals surface area (Å²) in [5.41, 5.74) is -2.29. The van der Waals surface area contributed by atoms with Crippen LogP contribution in [-0.4, -0.2) is 69.5 Å². The van der Waals surface area contributed by atoms with Crippen LogP contribution in [0.2, 0.25) is 10.0 Å². The van der Waals surface area contributed by atoms with Crippen molar-refractivity contribution in [3.8, 4) is 22.7 Å². The SMILES string of the molecule is BC(B)(n1c(=O)c(=O)n(-c2c(C)ccnc2C(C)C)c2nc(-c3c(O)cccc3Cl)c(Cl)cc21)C1(F)CN(C(=O)C=C)C1. The van der Waals surface area contributed by atoms with E-state index in [2.05, 4.69) is 11.6 Å². The summed E-state index contributed by atoms with van der Waals surface area (Å²) in [6, 6.07) is 7.65. The number of halogens is 3. The van der Waals surface area contributed by atoms with Gasteiger partial charge in [0.2, 0.25) is 5.91 Å². The minimum atomic E-state index is -2.08. The van der Waals surface area contributed by atoms with Gasteiger partial charge in [-0.1, -0.05) is 49.7 Å². The summed E-state index contributed by atoms with van der Waals surface area (Å²) in [6.07, 6.45) is 2.70. The van der Waals surface area contributed by atoms with Crippen LogP contribution >= 0.6 is 23.2 Å². The van der Waals surface area contributed by atoms with E-state index in [-0.39, 0.29) is 57.2 Å². The third-order valence-corrected chi connectivity index (χ3v) is 8.76. The number of likely N-dealkylation sites (tertiary alicyclic amines) is 1. The van der Waals surface area contributed by atoms with E-state index in [1.165, 1.54) is 37.3 Å². The van der Waals surface area contributed by atoms with Gasteiger partial charge in [0.1, 0.15) is 21.4 Å². The number of carbonyl (C=O) groups excluding carboxylic acids is 1. The quantitative estimate of drug-likeness (QED) is 0.201. The fourth-order valence-corrected chi connectivity index (χ4v) is 6.10. The van der Waals surface area contributed by atoms with E-state index in [9.17, 15) is 19.5 Å². The molecule has 43 heavy (non-hydrogen) atoms. The number of aryl methyl sites for hydroxylation is 1. The van der Waals surface area contributed by atoms with Gasteiger partial charge in [0.15, 0.2) is 11.3 Å². The Bertz CT molecular complexity index is 1930. The molecule has 1 aromatic carbocycles. The number of rotatable bonds is 6. The first-order chi connectivity index (χ1) is 20.1. The third kappa shape index (κ3) is 4.67. The normalized spacial score (nSPS) is 14.6. The number of fused-ring (bicyclic) bond motifs is 1. The highest BCUT2D eigenvalue weighted by Gasteiger charge is 2.57. The molecule has 0 atom stereocenters. The maximum absolute atomic E-state index is 16.6.